The van der Waals surface area contributed by atoms with Crippen molar-refractivity contribution in [2.24, 2.45) is 0 Å². The summed E-state index contributed by atoms with van der Waals surface area (Å²) in [5, 5.41) is 2.86. The van der Waals surface area contributed by atoms with Gasteiger partial charge in [-0.15, -0.1) is 0 Å². The van der Waals surface area contributed by atoms with Crippen molar-refractivity contribution in [1.82, 2.24) is 4.57 Å². The van der Waals surface area contributed by atoms with Gasteiger partial charge in [0.25, 0.3) is 5.91 Å². The van der Waals surface area contributed by atoms with Crippen LogP contribution in [-0.2, 0) is 19.4 Å². The Morgan fingerprint density at radius 2 is 1.89 bits per heavy atom. The van der Waals surface area contributed by atoms with Gasteiger partial charge >= 0.3 is 0 Å². The highest BCUT2D eigenvalue weighted by molar-refractivity contribution is 7.91. The molecule has 0 bridgehead atoms. The summed E-state index contributed by atoms with van der Waals surface area (Å²) >= 11 is 0. The van der Waals surface area contributed by atoms with Crippen molar-refractivity contribution in [1.29, 1.82) is 0 Å². The van der Waals surface area contributed by atoms with Crippen LogP contribution >= 0.6 is 0 Å². The number of benzene rings is 1. The number of hydrogen-bond donors (Lipinski definition) is 1. The number of carbonyl (C=O) groups is 1. The highest BCUT2D eigenvalue weighted by Crippen LogP contribution is 2.37. The van der Waals surface area contributed by atoms with Gasteiger partial charge in [-0.3, -0.25) is 4.79 Å². The number of aromatic nitrogens is 1. The van der Waals surface area contributed by atoms with E-state index >= 15 is 0 Å². The van der Waals surface area contributed by atoms with Crippen molar-refractivity contribution in [3.63, 3.8) is 0 Å². The molecule has 1 aliphatic heterocycles. The topological polar surface area (TPSA) is 77.4 Å². The van der Waals surface area contributed by atoms with Crippen LogP contribution in [0.2, 0.25) is 0 Å². The van der Waals surface area contributed by atoms with E-state index in [-0.39, 0.29) is 21.7 Å². The highest BCUT2D eigenvalue weighted by atomic mass is 32.2. The minimum Gasteiger partial charge on any atom is -0.368 e. The van der Waals surface area contributed by atoms with E-state index in [1.807, 2.05) is 25.3 Å². The van der Waals surface area contributed by atoms with E-state index in [4.69, 9.17) is 4.74 Å². The van der Waals surface area contributed by atoms with Gasteiger partial charge in [-0.25, -0.2) is 8.42 Å². The number of nitrogens with zero attached hydrogens (tertiary/aromatic N) is 1. The number of amides is 1. The first-order valence-corrected chi connectivity index (χ1v) is 10.7. The molecule has 1 unspecified atom stereocenters. The standard InChI is InChI=1S/C20H26N2O4S/c1-13(2)22-15(4)14(3)18(27(24,25)16-9-6-5-7-10-16)19(22)21-20(23)17-11-8-12-26-17/h5-7,9-10,13,17H,8,11-12H2,1-4H3,(H,21,23). The van der Waals surface area contributed by atoms with Crippen LogP contribution in [0.1, 0.15) is 44.0 Å². The van der Waals surface area contributed by atoms with Crippen LogP contribution in [0.25, 0.3) is 0 Å². The molecule has 3 rings (SSSR count). The second kappa shape index (κ2) is 7.48. The molecule has 0 saturated carbocycles. The van der Waals surface area contributed by atoms with Crippen molar-refractivity contribution < 1.29 is 17.9 Å². The van der Waals surface area contributed by atoms with Gasteiger partial charge in [0.15, 0.2) is 0 Å². The Bertz CT molecular complexity index is 940. The fourth-order valence-corrected chi connectivity index (χ4v) is 5.30. The zero-order valence-corrected chi connectivity index (χ0v) is 17.0. The van der Waals surface area contributed by atoms with E-state index < -0.39 is 15.9 Å². The second-order valence-corrected chi connectivity index (χ2v) is 9.05. The van der Waals surface area contributed by atoms with E-state index in [1.54, 1.807) is 37.3 Å². The third-order valence-corrected chi connectivity index (χ3v) is 6.93. The maximum absolute atomic E-state index is 13.4. The van der Waals surface area contributed by atoms with Crippen LogP contribution in [0.15, 0.2) is 40.1 Å². The largest absolute Gasteiger partial charge is 0.368 e. The third kappa shape index (κ3) is 3.53. The molecule has 1 aliphatic rings. The molecular formula is C20H26N2O4S. The molecule has 0 spiro atoms. The van der Waals surface area contributed by atoms with Crippen LogP contribution in [0.5, 0.6) is 0 Å². The summed E-state index contributed by atoms with van der Waals surface area (Å²) in [4.78, 5) is 13.0. The van der Waals surface area contributed by atoms with Crippen LogP contribution in [0.3, 0.4) is 0 Å². The summed E-state index contributed by atoms with van der Waals surface area (Å²) in [6.45, 7) is 8.14. The first-order chi connectivity index (χ1) is 12.7. The van der Waals surface area contributed by atoms with Gasteiger partial charge in [-0.1, -0.05) is 18.2 Å². The molecule has 1 aromatic carbocycles. The van der Waals surface area contributed by atoms with E-state index in [1.165, 1.54) is 0 Å². The van der Waals surface area contributed by atoms with Gasteiger partial charge < -0.3 is 14.6 Å². The summed E-state index contributed by atoms with van der Waals surface area (Å²) < 4.78 is 34.1. The molecule has 0 aliphatic carbocycles. The van der Waals surface area contributed by atoms with Gasteiger partial charge in [0, 0.05) is 18.3 Å². The van der Waals surface area contributed by atoms with Crippen molar-refractivity contribution in [3.8, 4) is 0 Å². The minimum absolute atomic E-state index is 0.0109. The fourth-order valence-electron chi connectivity index (χ4n) is 3.59. The molecule has 1 fully saturated rings. The van der Waals surface area contributed by atoms with E-state index in [9.17, 15) is 13.2 Å². The van der Waals surface area contributed by atoms with Crippen LogP contribution in [0.4, 0.5) is 5.82 Å². The fraction of sp³-hybridized carbons (Fsp3) is 0.450. The average molecular weight is 391 g/mol. The lowest BCUT2D eigenvalue weighted by Crippen LogP contribution is -2.29. The lowest BCUT2D eigenvalue weighted by atomic mass is 10.2. The monoisotopic (exact) mass is 390 g/mol. The molecule has 1 saturated heterocycles. The van der Waals surface area contributed by atoms with Crippen molar-refractivity contribution in [2.75, 3.05) is 11.9 Å². The van der Waals surface area contributed by atoms with Crippen molar-refractivity contribution in [3.05, 3.63) is 41.6 Å². The highest BCUT2D eigenvalue weighted by Gasteiger charge is 2.33. The number of nitrogens with one attached hydrogen (secondary N) is 1. The summed E-state index contributed by atoms with van der Waals surface area (Å²) in [5.74, 6) is 0.0285. The van der Waals surface area contributed by atoms with Crippen molar-refractivity contribution >= 4 is 21.6 Å². The predicted octanol–water partition coefficient (Wildman–Crippen LogP) is 3.64. The molecule has 6 nitrogen and oxygen atoms in total. The van der Waals surface area contributed by atoms with Crippen LogP contribution in [-0.4, -0.2) is 31.6 Å². The molecule has 1 atom stereocenters. The summed E-state index contributed by atoms with van der Waals surface area (Å²) in [7, 11) is -3.78. The Labute approximate surface area is 160 Å². The number of carbonyl (C=O) groups excluding carboxylic acids is 1. The Balaban J connectivity index is 2.16. The lowest BCUT2D eigenvalue weighted by Gasteiger charge is -2.19. The zero-order valence-electron chi connectivity index (χ0n) is 16.2. The SMILES string of the molecule is Cc1c(S(=O)(=O)c2ccccc2)c(NC(=O)C2CCCO2)n(C(C)C)c1C. The zero-order chi connectivity index (χ0) is 19.8. The molecule has 1 amide bonds. The van der Waals surface area contributed by atoms with Gasteiger partial charge in [0.1, 0.15) is 16.8 Å². The van der Waals surface area contributed by atoms with Gasteiger partial charge in [0.05, 0.1) is 4.90 Å². The molecular weight excluding hydrogens is 364 g/mol. The van der Waals surface area contributed by atoms with Crippen molar-refractivity contribution in [2.45, 2.75) is 62.5 Å². The van der Waals surface area contributed by atoms with E-state index in [0.29, 0.717) is 24.4 Å². The summed E-state index contributed by atoms with van der Waals surface area (Å²) in [6.07, 6.45) is 0.942. The first-order valence-electron chi connectivity index (χ1n) is 9.19. The maximum atomic E-state index is 13.4. The smallest absolute Gasteiger partial charge is 0.254 e. The molecule has 7 heteroatoms. The van der Waals surface area contributed by atoms with Gasteiger partial charge in [-0.05, 0) is 58.2 Å². The molecule has 1 aromatic heterocycles. The average Bonchev–Trinajstić information content (AvgIpc) is 3.24. The normalized spacial score (nSPS) is 17.4. The molecule has 2 heterocycles. The number of anilines is 1. The van der Waals surface area contributed by atoms with E-state index in [2.05, 4.69) is 5.32 Å². The molecule has 1 N–H and O–H groups in total. The van der Waals surface area contributed by atoms with Gasteiger partial charge in [-0.2, -0.15) is 0 Å². The molecule has 2 aromatic rings. The minimum atomic E-state index is -3.78. The summed E-state index contributed by atoms with van der Waals surface area (Å²) in [5.41, 5.74) is 1.47. The summed E-state index contributed by atoms with van der Waals surface area (Å²) in [6, 6.07) is 8.29. The Morgan fingerprint density at radius 1 is 1.22 bits per heavy atom. The Morgan fingerprint density at radius 3 is 2.44 bits per heavy atom. The number of hydrogen-bond acceptors (Lipinski definition) is 4. The molecule has 27 heavy (non-hydrogen) atoms. The Kier molecular flexibility index (Phi) is 5.44. The second-order valence-electron chi connectivity index (χ2n) is 7.16. The van der Waals surface area contributed by atoms with Crippen LogP contribution in [0, 0.1) is 13.8 Å². The van der Waals surface area contributed by atoms with Gasteiger partial charge in [0.2, 0.25) is 9.84 Å². The quantitative estimate of drug-likeness (QED) is 0.846. The first kappa shape index (κ1) is 19.6. The molecule has 146 valence electrons. The lowest BCUT2D eigenvalue weighted by molar-refractivity contribution is -0.124. The van der Waals surface area contributed by atoms with Crippen LogP contribution < -0.4 is 5.32 Å². The predicted molar refractivity (Wildman–Crippen MR) is 104 cm³/mol. The maximum Gasteiger partial charge on any atom is 0.254 e. The molecule has 0 radical (unpaired) electrons. The third-order valence-electron chi connectivity index (χ3n) is 5.00. The number of ether oxygens (including phenoxy) is 1. The Hall–Kier alpha value is -2.12. The number of sulfone groups is 1. The van der Waals surface area contributed by atoms with E-state index in [0.717, 1.165) is 12.1 Å². The number of rotatable bonds is 5.